The highest BCUT2D eigenvalue weighted by molar-refractivity contribution is 8.00. The van der Waals surface area contributed by atoms with Crippen LogP contribution in [0.2, 0.25) is 0 Å². The summed E-state index contributed by atoms with van der Waals surface area (Å²) >= 11 is 1.94. The van der Waals surface area contributed by atoms with Crippen molar-refractivity contribution in [2.75, 3.05) is 29.1 Å². The molecule has 0 spiro atoms. The van der Waals surface area contributed by atoms with Gasteiger partial charge in [0.25, 0.3) is 11.8 Å². The number of fused-ring (bicyclic) bond motifs is 1. The molecule has 0 aliphatic carbocycles. The van der Waals surface area contributed by atoms with Gasteiger partial charge >= 0.3 is 11.9 Å². The van der Waals surface area contributed by atoms with Crippen molar-refractivity contribution in [2.45, 2.75) is 56.3 Å². The normalized spacial score (nSPS) is 17.5. The van der Waals surface area contributed by atoms with E-state index >= 15 is 0 Å². The van der Waals surface area contributed by atoms with Gasteiger partial charge in [0.2, 0.25) is 39.6 Å². The van der Waals surface area contributed by atoms with Crippen molar-refractivity contribution < 1.29 is 61.2 Å². The van der Waals surface area contributed by atoms with Gasteiger partial charge in [-0.15, -0.1) is 21.1 Å². The van der Waals surface area contributed by atoms with E-state index < -0.39 is 68.8 Å². The minimum atomic E-state index is -4.92. The first-order chi connectivity index (χ1) is 25.5. The van der Waals surface area contributed by atoms with Crippen molar-refractivity contribution in [3.8, 4) is 0 Å². The Morgan fingerprint density at radius 3 is 2.40 bits per heavy atom. The number of carboxylic acids is 2. The molecule has 4 heterocycles. The van der Waals surface area contributed by atoms with E-state index in [4.69, 9.17) is 51.0 Å². The van der Waals surface area contributed by atoms with Gasteiger partial charge in [-0.25, -0.2) is 23.0 Å². The van der Waals surface area contributed by atoms with Gasteiger partial charge in [-0.05, 0) is 33.2 Å². The molecule has 2 aliphatic rings. The zero-order valence-corrected chi connectivity index (χ0v) is 31.6. The largest absolute Gasteiger partial charge is 0.726 e. The van der Waals surface area contributed by atoms with E-state index in [0.29, 0.717) is 18.5 Å². The fraction of sp³-hybridized carbons (Fsp3) is 0.462. The van der Waals surface area contributed by atoms with Crippen molar-refractivity contribution in [1.82, 2.24) is 24.3 Å². The number of hydrogen-bond donors (Lipinski definition) is 10. The molecule has 29 heteroatoms. The van der Waals surface area contributed by atoms with Gasteiger partial charge in [0.05, 0.1) is 7.05 Å². The van der Waals surface area contributed by atoms with Crippen LogP contribution in [0, 0.1) is 0 Å². The molecule has 302 valence electrons. The highest BCUT2D eigenvalue weighted by Gasteiger charge is 2.55. The summed E-state index contributed by atoms with van der Waals surface area (Å²) in [7, 11) is -3.32. The Hall–Kier alpha value is -5.62. The number of carbonyl (C=O) groups excluding carboxylic acids is 3. The Morgan fingerprint density at radius 2 is 1.87 bits per heavy atom. The molecular weight excluding hydrogens is 797 g/mol. The van der Waals surface area contributed by atoms with E-state index in [1.807, 2.05) is 0 Å². The lowest BCUT2D eigenvalue weighted by Crippen LogP contribution is -2.71. The van der Waals surface area contributed by atoms with Gasteiger partial charge in [-0.2, -0.15) is 9.36 Å². The van der Waals surface area contributed by atoms with Crippen LogP contribution in [0.1, 0.15) is 32.5 Å². The molecule has 3 amide bonds. The van der Waals surface area contributed by atoms with Crippen LogP contribution in [0.5, 0.6) is 0 Å². The number of guanidine groups is 1. The maximum absolute atomic E-state index is 13.4. The summed E-state index contributed by atoms with van der Waals surface area (Å²) in [5.41, 5.74) is 26.3. The average molecular weight is 835 g/mol. The number of aliphatic carboxylic acids is 2. The molecule has 2 aromatic rings. The second-order valence-corrected chi connectivity index (χ2v) is 14.6. The first kappa shape index (κ1) is 43.8. The summed E-state index contributed by atoms with van der Waals surface area (Å²) in [6.45, 7) is 2.69. The van der Waals surface area contributed by atoms with E-state index in [1.165, 1.54) is 36.5 Å². The van der Waals surface area contributed by atoms with Crippen molar-refractivity contribution in [3.05, 3.63) is 23.3 Å². The lowest BCUT2D eigenvalue weighted by Gasteiger charge is -2.49. The van der Waals surface area contributed by atoms with E-state index in [0.717, 1.165) is 16.4 Å². The summed E-state index contributed by atoms with van der Waals surface area (Å²) in [6.07, 6.45) is 2.27. The second kappa shape index (κ2) is 17.7. The molecule has 0 saturated carbocycles. The molecule has 55 heavy (non-hydrogen) atoms. The Bertz CT molecular complexity index is 2030. The summed E-state index contributed by atoms with van der Waals surface area (Å²) in [5, 5.41) is 27.6. The van der Waals surface area contributed by atoms with Crippen LogP contribution in [0.3, 0.4) is 0 Å². The van der Waals surface area contributed by atoms with Crippen LogP contribution in [-0.2, 0) is 52.8 Å². The number of nitrogens with zero attached hydrogens (tertiary/aromatic N) is 7. The highest BCUT2D eigenvalue weighted by atomic mass is 32.3. The molecule has 0 unspecified atom stereocenters. The van der Waals surface area contributed by atoms with Crippen LogP contribution in [-0.4, -0.2) is 123 Å². The van der Waals surface area contributed by atoms with Crippen LogP contribution >= 0.6 is 23.3 Å². The SMILES string of the molecule is Cn1c(N)c(NC(=O)[C@H](CCCN)N=C(N)N)c[n+]1CC1=C(C(=O)O)N2C(=O)[C@@H](NC(=O)/C(=N\OC(C)(C)C(=O)O)c3nsc(N)n3)[C@H]2SC1.O=S(=O)([O-])O. The Balaban J connectivity index is 0.00000152. The van der Waals surface area contributed by atoms with Gasteiger partial charge in [0, 0.05) is 22.9 Å². The predicted molar refractivity (Wildman–Crippen MR) is 192 cm³/mol. The van der Waals surface area contributed by atoms with Gasteiger partial charge in [0.15, 0.2) is 29.1 Å². The number of hydrogen-bond acceptors (Lipinski definition) is 18. The molecule has 15 N–H and O–H groups in total. The number of amides is 3. The summed E-state index contributed by atoms with van der Waals surface area (Å²) in [6, 6.07) is -2.10. The zero-order valence-electron chi connectivity index (χ0n) is 29.1. The quantitative estimate of drug-likeness (QED) is 0.0154. The molecule has 2 aromatic heterocycles. The van der Waals surface area contributed by atoms with Gasteiger partial charge in [0.1, 0.15) is 23.2 Å². The fourth-order valence-corrected chi connectivity index (χ4v) is 6.52. The number of nitrogen functional groups attached to an aromatic ring is 2. The molecule has 4 rings (SSSR count). The predicted octanol–water partition coefficient (Wildman–Crippen LogP) is -4.32. The monoisotopic (exact) mass is 834 g/mol. The number of oxime groups is 1. The maximum Gasteiger partial charge on any atom is 0.352 e. The van der Waals surface area contributed by atoms with E-state index in [9.17, 15) is 34.2 Å². The third-order valence-corrected chi connectivity index (χ3v) is 9.36. The minimum absolute atomic E-state index is 0.0134. The van der Waals surface area contributed by atoms with Crippen molar-refractivity contribution in [3.63, 3.8) is 0 Å². The Morgan fingerprint density at radius 1 is 1.24 bits per heavy atom. The van der Waals surface area contributed by atoms with Gasteiger partial charge < -0.3 is 58.9 Å². The average Bonchev–Trinajstić information content (AvgIpc) is 3.61. The third-order valence-electron chi connectivity index (χ3n) is 7.47. The summed E-state index contributed by atoms with van der Waals surface area (Å²) in [5.74, 6) is -5.25. The summed E-state index contributed by atoms with van der Waals surface area (Å²) in [4.78, 5) is 77.6. The smallest absolute Gasteiger partial charge is 0.352 e. The van der Waals surface area contributed by atoms with Crippen molar-refractivity contribution in [2.24, 2.45) is 34.4 Å². The number of nitrogens with one attached hydrogen (secondary N) is 2. The van der Waals surface area contributed by atoms with Crippen molar-refractivity contribution in [1.29, 1.82) is 0 Å². The van der Waals surface area contributed by atoms with E-state index in [-0.39, 0.29) is 52.8 Å². The molecule has 3 atom stereocenters. The molecular formula is C26H38N14O12S3. The van der Waals surface area contributed by atoms with E-state index in [2.05, 4.69) is 30.1 Å². The van der Waals surface area contributed by atoms with Crippen LogP contribution < -0.4 is 44.0 Å². The Kier molecular flexibility index (Phi) is 14.1. The topological polar surface area (TPSA) is 429 Å². The molecule has 0 bridgehead atoms. The standard InChI is InChI=1S/C26H36N14O8S2.H2O4S/c1-26(2,23(46)47)48-36-13(17-35-25(31)50-37-17)19(42)34-14-20(43)40-15(22(44)45)10(9-49-21(14)40)7-39-8-12(16(28)38(39)3)32-18(41)11(5-4-6-27)33-24(29)30;1-5(2,3)4/h8,11,14,21,28H,4-7,9,27H2,1-3H3,(H10,29,30,31,32,33,34,35,37,41,42,44,45,46,47);(H2,1,2,3,4)/b36-13-;/t11-,14+,21+;/m0./s1. The number of anilines is 3. The second-order valence-electron chi connectivity index (χ2n) is 11.9. The number of thioether (sulfide) groups is 1. The molecule has 26 nitrogen and oxygen atoms in total. The molecule has 1 fully saturated rings. The van der Waals surface area contributed by atoms with E-state index in [1.54, 1.807) is 11.7 Å². The highest BCUT2D eigenvalue weighted by Crippen LogP contribution is 2.40. The van der Waals surface area contributed by atoms with Crippen molar-refractivity contribution >= 4 is 91.7 Å². The third kappa shape index (κ3) is 11.2. The molecule has 0 aromatic carbocycles. The lowest BCUT2D eigenvalue weighted by molar-refractivity contribution is -0.765. The van der Waals surface area contributed by atoms with Gasteiger partial charge in [-0.3, -0.25) is 23.8 Å². The number of rotatable bonds is 15. The zero-order chi connectivity index (χ0) is 41.6. The number of aliphatic imine (C=N–C) groups is 1. The molecule has 0 radical (unpaired) electrons. The number of carboxylic acid groups (broad SMARTS) is 2. The number of β-lactam (4-membered cyclic amide) rings is 1. The van der Waals surface area contributed by atoms with Crippen LogP contribution in [0.15, 0.2) is 27.6 Å². The molecule has 2 aliphatic heterocycles. The lowest BCUT2D eigenvalue weighted by atomic mass is 10.0. The molecule has 1 saturated heterocycles. The Labute approximate surface area is 319 Å². The number of aromatic nitrogens is 4. The summed E-state index contributed by atoms with van der Waals surface area (Å²) < 4.78 is 39.8. The van der Waals surface area contributed by atoms with Crippen LogP contribution in [0.25, 0.3) is 0 Å². The maximum atomic E-state index is 13.4. The van der Waals surface area contributed by atoms with Crippen LogP contribution in [0.4, 0.5) is 16.6 Å². The van der Waals surface area contributed by atoms with Gasteiger partial charge in [-0.1, -0.05) is 5.16 Å². The fourth-order valence-electron chi connectivity index (χ4n) is 4.75. The minimum Gasteiger partial charge on any atom is -0.726 e. The number of nitrogens with two attached hydrogens (primary N) is 5. The first-order valence-corrected chi connectivity index (χ1v) is 18.6. The first-order valence-electron chi connectivity index (χ1n) is 15.4. The number of carbonyl (C=O) groups is 5.